The molecule has 0 aliphatic carbocycles. The van der Waals surface area contributed by atoms with Crippen molar-refractivity contribution in [2.45, 2.75) is 19.1 Å². The number of amidine groups is 1. The number of carbonyl (C=O) groups is 1. The van der Waals surface area contributed by atoms with E-state index in [-0.39, 0.29) is 5.91 Å². The second-order valence-corrected chi connectivity index (χ2v) is 7.94. The van der Waals surface area contributed by atoms with Crippen molar-refractivity contribution in [1.29, 1.82) is 0 Å². The number of hydrogen-bond donors (Lipinski definition) is 2. The molecule has 0 aromatic heterocycles. The molecular weight excluding hydrogens is 404 g/mol. The molecule has 2 heterocycles. The quantitative estimate of drug-likeness (QED) is 0.756. The van der Waals surface area contributed by atoms with Crippen LogP contribution >= 0.6 is 11.8 Å². The van der Waals surface area contributed by atoms with Gasteiger partial charge in [0.05, 0.1) is 26.9 Å². The smallest absolute Gasteiger partial charge is 0.255 e. The molecule has 4 rings (SSSR count). The Balaban J connectivity index is 1.91. The maximum absolute atomic E-state index is 13.1. The number of amides is 1. The Morgan fingerprint density at radius 1 is 1.10 bits per heavy atom. The molecule has 158 valence electrons. The van der Waals surface area contributed by atoms with Crippen LogP contribution in [-0.2, 0) is 4.79 Å². The summed E-state index contributed by atoms with van der Waals surface area (Å²) in [6, 6.07) is 10.8. The molecule has 0 radical (unpaired) electrons. The summed E-state index contributed by atoms with van der Waals surface area (Å²) >= 11 is 1.48. The summed E-state index contributed by atoms with van der Waals surface area (Å²) in [6.45, 7) is 2.02. The fourth-order valence-corrected chi connectivity index (χ4v) is 4.36. The summed E-state index contributed by atoms with van der Waals surface area (Å²) in [5, 5.41) is 13.6. The summed E-state index contributed by atoms with van der Waals surface area (Å²) < 4.78 is 16.7. The molecule has 30 heavy (non-hydrogen) atoms. The number of anilines is 1. The molecule has 1 amide bonds. The fourth-order valence-electron chi connectivity index (χ4n) is 3.76. The second kappa shape index (κ2) is 8.35. The van der Waals surface area contributed by atoms with Crippen LogP contribution in [0, 0.1) is 0 Å². The van der Waals surface area contributed by atoms with Crippen molar-refractivity contribution >= 4 is 28.5 Å². The van der Waals surface area contributed by atoms with Crippen molar-refractivity contribution in [1.82, 2.24) is 10.3 Å². The molecule has 2 aromatic carbocycles. The molecule has 2 aromatic rings. The molecular formula is C21H24N4O4S. The van der Waals surface area contributed by atoms with Gasteiger partial charge in [-0.15, -0.1) is 5.10 Å². The first-order chi connectivity index (χ1) is 14.6. The highest BCUT2D eigenvalue weighted by molar-refractivity contribution is 8.13. The first kappa shape index (κ1) is 20.2. The summed E-state index contributed by atoms with van der Waals surface area (Å²) in [4.78, 5) is 13.1. The Hall–Kier alpha value is -3.07. The van der Waals surface area contributed by atoms with E-state index in [1.165, 1.54) is 11.8 Å². The van der Waals surface area contributed by atoms with E-state index in [2.05, 4.69) is 10.6 Å². The number of rotatable bonds is 5. The first-order valence-electron chi connectivity index (χ1n) is 9.57. The minimum atomic E-state index is -0.579. The highest BCUT2D eigenvalue weighted by Gasteiger charge is 2.43. The maximum Gasteiger partial charge on any atom is 0.255 e. The Morgan fingerprint density at radius 3 is 2.43 bits per heavy atom. The fraction of sp³-hybridized carbons (Fsp3) is 0.333. The lowest BCUT2D eigenvalue weighted by atomic mass is 9.96. The lowest BCUT2D eigenvalue weighted by Crippen LogP contribution is -2.51. The third-order valence-corrected chi connectivity index (χ3v) is 5.81. The van der Waals surface area contributed by atoms with Gasteiger partial charge >= 0.3 is 0 Å². The van der Waals surface area contributed by atoms with Gasteiger partial charge in [-0.1, -0.05) is 36.9 Å². The van der Waals surface area contributed by atoms with E-state index in [1.807, 2.05) is 31.2 Å². The molecule has 9 heteroatoms. The average Bonchev–Trinajstić information content (AvgIpc) is 2.77. The highest BCUT2D eigenvalue weighted by Crippen LogP contribution is 2.48. The summed E-state index contributed by atoms with van der Waals surface area (Å²) in [5.41, 5.74) is 2.46. The lowest BCUT2D eigenvalue weighted by Gasteiger charge is -2.44. The Kier molecular flexibility index (Phi) is 5.63. The van der Waals surface area contributed by atoms with Crippen molar-refractivity contribution in [3.8, 4) is 17.2 Å². The summed E-state index contributed by atoms with van der Waals surface area (Å²) in [6.07, 6.45) is -0.487. The molecule has 0 unspecified atom stereocenters. The van der Waals surface area contributed by atoms with Gasteiger partial charge in [-0.25, -0.2) is 0 Å². The highest BCUT2D eigenvalue weighted by atomic mass is 32.2. The van der Waals surface area contributed by atoms with E-state index in [0.717, 1.165) is 22.6 Å². The molecule has 2 aliphatic rings. The summed E-state index contributed by atoms with van der Waals surface area (Å²) in [7, 11) is 4.78. The zero-order chi connectivity index (χ0) is 21.3. The number of carbonyl (C=O) groups excluding carboxylic acids is 1. The average molecular weight is 429 g/mol. The van der Waals surface area contributed by atoms with E-state index >= 15 is 0 Å². The zero-order valence-corrected chi connectivity index (χ0v) is 18.1. The number of nitrogens with zero attached hydrogens (tertiary/aromatic N) is 2. The molecule has 0 spiro atoms. The largest absolute Gasteiger partial charge is 0.496 e. The molecule has 0 bridgehead atoms. The molecule has 0 saturated carbocycles. The van der Waals surface area contributed by atoms with E-state index in [0.29, 0.717) is 22.4 Å². The molecule has 8 nitrogen and oxygen atoms in total. The number of thioether (sulfide) groups is 1. The van der Waals surface area contributed by atoms with E-state index in [4.69, 9.17) is 19.3 Å². The van der Waals surface area contributed by atoms with Gasteiger partial charge in [0.1, 0.15) is 17.2 Å². The molecule has 0 fully saturated rings. The van der Waals surface area contributed by atoms with Crippen molar-refractivity contribution in [2.75, 3.05) is 32.4 Å². The molecule has 2 aliphatic heterocycles. The van der Waals surface area contributed by atoms with Gasteiger partial charge in [0, 0.05) is 23.4 Å². The van der Waals surface area contributed by atoms with E-state index in [1.54, 1.807) is 38.5 Å². The van der Waals surface area contributed by atoms with Crippen LogP contribution in [-0.4, -0.2) is 43.2 Å². The Morgan fingerprint density at radius 2 is 1.80 bits per heavy atom. The Labute approximate surface area is 179 Å². The van der Waals surface area contributed by atoms with Crippen molar-refractivity contribution in [3.63, 3.8) is 0 Å². The minimum absolute atomic E-state index is 0.119. The van der Waals surface area contributed by atoms with Crippen LogP contribution < -0.4 is 24.8 Å². The van der Waals surface area contributed by atoms with Gasteiger partial charge in [-0.05, 0) is 11.8 Å². The van der Waals surface area contributed by atoms with E-state index in [9.17, 15) is 4.79 Å². The molecule has 2 N–H and O–H groups in total. The number of benzene rings is 2. The topological polar surface area (TPSA) is 84.4 Å². The van der Waals surface area contributed by atoms with Crippen LogP contribution in [0.2, 0.25) is 0 Å². The number of fused-ring (bicyclic) bond motifs is 3. The molecule has 0 saturated heterocycles. The number of hydrogen-bond acceptors (Lipinski definition) is 8. The maximum atomic E-state index is 13.1. The lowest BCUT2D eigenvalue weighted by molar-refractivity contribution is -0.127. The summed E-state index contributed by atoms with van der Waals surface area (Å²) in [5.74, 6) is 2.44. The van der Waals surface area contributed by atoms with Gasteiger partial charge < -0.3 is 24.8 Å². The van der Waals surface area contributed by atoms with Gasteiger partial charge in [0.15, 0.2) is 17.4 Å². The van der Waals surface area contributed by atoms with Gasteiger partial charge in [0.2, 0.25) is 0 Å². The predicted molar refractivity (Wildman–Crippen MR) is 117 cm³/mol. The first-order valence-corrected chi connectivity index (χ1v) is 10.6. The van der Waals surface area contributed by atoms with Crippen molar-refractivity contribution in [3.05, 3.63) is 47.5 Å². The standard InChI is InChI=1S/C21H24N4O4S/c1-5-30-21-23-20(26)18-13-8-6-7-9-14(13)22-19(25(18)24-21)17-15(28-3)10-12(27-2)11-16(17)29-4/h6-11,18-19,22H,5H2,1-4H3,(H,23,24,26)/t18-,19-/m1/s1. The van der Waals surface area contributed by atoms with Crippen LogP contribution in [0.5, 0.6) is 17.2 Å². The number of ether oxygens (including phenoxy) is 3. The number of nitrogens with one attached hydrogen (secondary N) is 2. The number of methoxy groups -OCH3 is 3. The van der Waals surface area contributed by atoms with Crippen LogP contribution in [0.3, 0.4) is 0 Å². The van der Waals surface area contributed by atoms with Crippen molar-refractivity contribution in [2.24, 2.45) is 5.10 Å². The van der Waals surface area contributed by atoms with Crippen LogP contribution in [0.1, 0.15) is 30.3 Å². The Bertz CT molecular complexity index is 972. The van der Waals surface area contributed by atoms with Crippen molar-refractivity contribution < 1.29 is 19.0 Å². The molecule has 2 atom stereocenters. The zero-order valence-electron chi connectivity index (χ0n) is 17.3. The SMILES string of the molecule is CCSC1=NN2[C@H](c3c(OC)cc(OC)cc3OC)Nc3ccccc3[C@@H]2C(=O)N1. The minimum Gasteiger partial charge on any atom is -0.496 e. The normalized spacial score (nSPS) is 19.7. The van der Waals surface area contributed by atoms with E-state index < -0.39 is 12.2 Å². The monoisotopic (exact) mass is 428 g/mol. The van der Waals surface area contributed by atoms with Gasteiger partial charge in [-0.2, -0.15) is 0 Å². The van der Waals surface area contributed by atoms with Crippen LogP contribution in [0.15, 0.2) is 41.5 Å². The van der Waals surface area contributed by atoms with Crippen LogP contribution in [0.25, 0.3) is 0 Å². The second-order valence-electron chi connectivity index (χ2n) is 6.69. The number of para-hydroxylation sites is 1. The third kappa shape index (κ3) is 3.39. The van der Waals surface area contributed by atoms with Gasteiger partial charge in [-0.3, -0.25) is 9.80 Å². The predicted octanol–water partition coefficient (Wildman–Crippen LogP) is 3.33. The number of hydrazone groups is 1. The van der Waals surface area contributed by atoms with Gasteiger partial charge in [0.25, 0.3) is 5.91 Å². The van der Waals surface area contributed by atoms with Crippen LogP contribution in [0.4, 0.5) is 5.69 Å². The third-order valence-electron chi connectivity index (χ3n) is 5.07.